The number of nitrogens with two attached hydrogens (primary N) is 1. The second-order valence-corrected chi connectivity index (χ2v) is 4.51. The number of rotatable bonds is 6. The van der Waals surface area contributed by atoms with E-state index >= 15 is 0 Å². The van der Waals surface area contributed by atoms with Gasteiger partial charge in [0, 0.05) is 12.7 Å². The van der Waals surface area contributed by atoms with Crippen LogP contribution in [0.5, 0.6) is 0 Å². The molecule has 2 rings (SSSR count). The number of amidine groups is 1. The third kappa shape index (κ3) is 3.61. The molecule has 4 heteroatoms. The van der Waals surface area contributed by atoms with E-state index in [-0.39, 0.29) is 5.84 Å². The third-order valence-electron chi connectivity index (χ3n) is 3.16. The van der Waals surface area contributed by atoms with Crippen molar-refractivity contribution in [1.29, 1.82) is 0 Å². The fraction of sp³-hybridized carbons (Fsp3) is 0.267. The lowest BCUT2D eigenvalue weighted by Crippen LogP contribution is -2.18. The summed E-state index contributed by atoms with van der Waals surface area (Å²) in [4.78, 5) is 0. The second kappa shape index (κ2) is 6.64. The summed E-state index contributed by atoms with van der Waals surface area (Å²) >= 11 is 0. The van der Waals surface area contributed by atoms with Gasteiger partial charge in [0.05, 0.1) is 5.69 Å². The van der Waals surface area contributed by atoms with Crippen molar-refractivity contribution in [3.8, 4) is 0 Å². The van der Waals surface area contributed by atoms with E-state index in [9.17, 15) is 0 Å². The normalized spacial score (nSPS) is 11.7. The number of aryl methyl sites for hydroxylation is 2. The average Bonchev–Trinajstić information content (AvgIpc) is 2.92. The lowest BCUT2D eigenvalue weighted by atomic mass is 10.1. The Balaban J connectivity index is 1.82. The van der Waals surface area contributed by atoms with E-state index in [0.29, 0.717) is 0 Å². The van der Waals surface area contributed by atoms with Crippen LogP contribution in [0, 0.1) is 0 Å². The smallest absolute Gasteiger partial charge is 0.186 e. The van der Waals surface area contributed by atoms with Gasteiger partial charge in [-0.2, -0.15) is 0 Å². The Hall–Kier alpha value is -2.23. The summed E-state index contributed by atoms with van der Waals surface area (Å²) in [6.07, 6.45) is 5.23. The first-order valence-electron chi connectivity index (χ1n) is 6.48. The van der Waals surface area contributed by atoms with Crippen LogP contribution in [0.3, 0.4) is 0 Å². The van der Waals surface area contributed by atoms with Gasteiger partial charge in [0.1, 0.15) is 0 Å². The quantitative estimate of drug-likeness (QED) is 0.275. The zero-order valence-electron chi connectivity index (χ0n) is 10.9. The van der Waals surface area contributed by atoms with E-state index in [0.717, 1.165) is 31.5 Å². The zero-order chi connectivity index (χ0) is 13.5. The van der Waals surface area contributed by atoms with Crippen molar-refractivity contribution < 1.29 is 5.21 Å². The molecule has 0 radical (unpaired) electrons. The van der Waals surface area contributed by atoms with Crippen molar-refractivity contribution in [1.82, 2.24) is 4.57 Å². The summed E-state index contributed by atoms with van der Waals surface area (Å²) < 4.78 is 2.01. The van der Waals surface area contributed by atoms with Gasteiger partial charge in [-0.05, 0) is 37.0 Å². The van der Waals surface area contributed by atoms with Gasteiger partial charge >= 0.3 is 0 Å². The van der Waals surface area contributed by atoms with E-state index < -0.39 is 0 Å². The molecule has 0 aliphatic heterocycles. The van der Waals surface area contributed by atoms with E-state index in [1.807, 2.05) is 29.0 Å². The molecule has 3 N–H and O–H groups in total. The highest BCUT2D eigenvalue weighted by molar-refractivity contribution is 5.95. The predicted octanol–water partition coefficient (Wildman–Crippen LogP) is 2.61. The molecule has 0 fully saturated rings. The number of hydrogen-bond donors (Lipinski definition) is 2. The maximum Gasteiger partial charge on any atom is 0.186 e. The minimum atomic E-state index is 0.160. The van der Waals surface area contributed by atoms with Gasteiger partial charge in [-0.15, -0.1) is 0 Å². The molecule has 1 aromatic heterocycles. The highest BCUT2D eigenvalue weighted by Crippen LogP contribution is 2.08. The minimum absolute atomic E-state index is 0.160. The summed E-state index contributed by atoms with van der Waals surface area (Å²) in [6.45, 7) is 0.880. The highest BCUT2D eigenvalue weighted by Gasteiger charge is 2.04. The second-order valence-electron chi connectivity index (χ2n) is 4.51. The molecule has 0 aliphatic rings. The molecule has 2 aromatic rings. The summed E-state index contributed by atoms with van der Waals surface area (Å²) in [5.41, 5.74) is 7.75. The monoisotopic (exact) mass is 257 g/mol. The molecule has 0 unspecified atom stereocenters. The van der Waals surface area contributed by atoms with Gasteiger partial charge in [0.15, 0.2) is 5.84 Å². The predicted molar refractivity (Wildman–Crippen MR) is 76.3 cm³/mol. The maximum atomic E-state index is 8.70. The van der Waals surface area contributed by atoms with Crippen molar-refractivity contribution in [2.24, 2.45) is 10.9 Å². The maximum absolute atomic E-state index is 8.70. The molecule has 1 aromatic carbocycles. The van der Waals surface area contributed by atoms with Crippen LogP contribution in [-0.4, -0.2) is 15.6 Å². The van der Waals surface area contributed by atoms with Gasteiger partial charge in [-0.1, -0.05) is 35.5 Å². The first-order chi connectivity index (χ1) is 9.31. The van der Waals surface area contributed by atoms with Gasteiger partial charge < -0.3 is 15.5 Å². The van der Waals surface area contributed by atoms with Crippen LogP contribution in [0.15, 0.2) is 53.8 Å². The Kier molecular flexibility index (Phi) is 4.61. The van der Waals surface area contributed by atoms with Crippen LogP contribution in [0.2, 0.25) is 0 Å². The number of nitrogens with zero attached hydrogens (tertiary/aromatic N) is 2. The van der Waals surface area contributed by atoms with Crippen molar-refractivity contribution in [2.75, 3.05) is 0 Å². The van der Waals surface area contributed by atoms with Gasteiger partial charge in [0.2, 0.25) is 0 Å². The fourth-order valence-electron chi connectivity index (χ4n) is 2.15. The SMILES string of the molecule is N/C(=N/O)c1cccn1CCCCc1ccccc1. The molecule has 0 saturated heterocycles. The highest BCUT2D eigenvalue weighted by atomic mass is 16.4. The first kappa shape index (κ1) is 13.2. The molecule has 19 heavy (non-hydrogen) atoms. The van der Waals surface area contributed by atoms with E-state index in [4.69, 9.17) is 10.9 Å². The summed E-state index contributed by atoms with van der Waals surface area (Å²) in [5.74, 6) is 0.160. The first-order valence-corrected chi connectivity index (χ1v) is 6.48. The van der Waals surface area contributed by atoms with Crippen LogP contribution < -0.4 is 5.73 Å². The molecule has 0 aliphatic carbocycles. The van der Waals surface area contributed by atoms with Crippen LogP contribution >= 0.6 is 0 Å². The Morgan fingerprint density at radius 3 is 2.63 bits per heavy atom. The van der Waals surface area contributed by atoms with E-state index in [2.05, 4.69) is 29.4 Å². The molecule has 0 atom stereocenters. The molecular formula is C15H19N3O. The Morgan fingerprint density at radius 2 is 1.89 bits per heavy atom. The van der Waals surface area contributed by atoms with Gasteiger partial charge in [0.25, 0.3) is 0 Å². The molecule has 1 heterocycles. The largest absolute Gasteiger partial charge is 0.409 e. The summed E-state index contributed by atoms with van der Waals surface area (Å²) in [5, 5.41) is 11.7. The molecule has 0 spiro atoms. The van der Waals surface area contributed by atoms with Crippen LogP contribution in [-0.2, 0) is 13.0 Å². The van der Waals surface area contributed by atoms with Crippen molar-refractivity contribution in [2.45, 2.75) is 25.8 Å². The van der Waals surface area contributed by atoms with Crippen LogP contribution in [0.25, 0.3) is 0 Å². The van der Waals surface area contributed by atoms with Crippen molar-refractivity contribution in [3.05, 3.63) is 59.9 Å². The number of unbranched alkanes of at least 4 members (excludes halogenated alkanes) is 1. The van der Waals surface area contributed by atoms with E-state index in [1.54, 1.807) is 0 Å². The lowest BCUT2D eigenvalue weighted by Gasteiger charge is -2.08. The topological polar surface area (TPSA) is 63.5 Å². The Bertz CT molecular complexity index is 531. The standard InChI is InChI=1S/C15H19N3O/c16-15(17-19)14-10-6-12-18(14)11-5-4-9-13-7-2-1-3-8-13/h1-3,6-8,10,12,19H,4-5,9,11H2,(H2,16,17). The Morgan fingerprint density at radius 1 is 1.11 bits per heavy atom. The van der Waals surface area contributed by atoms with Gasteiger partial charge in [-0.25, -0.2) is 0 Å². The van der Waals surface area contributed by atoms with Crippen LogP contribution in [0.1, 0.15) is 24.1 Å². The molecular weight excluding hydrogens is 238 g/mol. The molecule has 4 nitrogen and oxygen atoms in total. The van der Waals surface area contributed by atoms with Gasteiger partial charge in [-0.3, -0.25) is 0 Å². The number of benzene rings is 1. The van der Waals surface area contributed by atoms with Crippen LogP contribution in [0.4, 0.5) is 0 Å². The Labute approximate surface area is 113 Å². The summed E-state index contributed by atoms with van der Waals surface area (Å²) in [6, 6.07) is 14.2. The lowest BCUT2D eigenvalue weighted by molar-refractivity contribution is 0.318. The molecule has 0 saturated carbocycles. The minimum Gasteiger partial charge on any atom is -0.409 e. The number of oxime groups is 1. The molecule has 100 valence electrons. The molecule has 0 amide bonds. The number of aromatic nitrogens is 1. The number of hydrogen-bond acceptors (Lipinski definition) is 2. The van der Waals surface area contributed by atoms with E-state index in [1.165, 1.54) is 5.56 Å². The average molecular weight is 257 g/mol. The fourth-order valence-corrected chi connectivity index (χ4v) is 2.15. The van der Waals surface area contributed by atoms with Crippen molar-refractivity contribution >= 4 is 5.84 Å². The summed E-state index contributed by atoms with van der Waals surface area (Å²) in [7, 11) is 0. The third-order valence-corrected chi connectivity index (χ3v) is 3.16. The zero-order valence-corrected chi connectivity index (χ0v) is 10.9. The van der Waals surface area contributed by atoms with Crippen molar-refractivity contribution in [3.63, 3.8) is 0 Å². The molecule has 0 bridgehead atoms.